The van der Waals surface area contributed by atoms with Crippen LogP contribution in [0.5, 0.6) is 0 Å². The van der Waals surface area contributed by atoms with Crippen LogP contribution in [0.25, 0.3) is 0 Å². The molecule has 1 unspecified atom stereocenters. The molecular formula is C29H51N3O5S. The van der Waals surface area contributed by atoms with E-state index in [1.807, 2.05) is 25.1 Å². The summed E-state index contributed by atoms with van der Waals surface area (Å²) in [6, 6.07) is 10.3. The van der Waals surface area contributed by atoms with Crippen molar-refractivity contribution in [1.29, 1.82) is 0 Å². The molecule has 9 heteroatoms. The molecule has 0 spiro atoms. The van der Waals surface area contributed by atoms with Crippen LogP contribution in [0.1, 0.15) is 77.7 Å². The molecule has 1 aromatic rings. The highest BCUT2D eigenvalue weighted by molar-refractivity contribution is 7.82. The van der Waals surface area contributed by atoms with E-state index in [0.717, 1.165) is 31.2 Å². The summed E-state index contributed by atoms with van der Waals surface area (Å²) in [5, 5.41) is 8.49. The molecule has 1 aromatic carbocycles. The van der Waals surface area contributed by atoms with Gasteiger partial charge in [-0.3, -0.25) is 14.8 Å². The second kappa shape index (κ2) is 19.3. The molecule has 0 bridgehead atoms. The van der Waals surface area contributed by atoms with Crippen LogP contribution in [0.3, 0.4) is 0 Å². The van der Waals surface area contributed by atoms with Crippen molar-refractivity contribution in [2.75, 3.05) is 39.0 Å². The van der Waals surface area contributed by atoms with Crippen molar-refractivity contribution in [2.24, 2.45) is 11.3 Å². The van der Waals surface area contributed by atoms with Gasteiger partial charge in [-0.1, -0.05) is 69.5 Å². The molecule has 38 heavy (non-hydrogen) atoms. The average molecular weight is 554 g/mol. The lowest BCUT2D eigenvalue weighted by Crippen LogP contribution is -2.46. The molecule has 2 heterocycles. The lowest BCUT2D eigenvalue weighted by molar-refractivity contribution is -0.142. The summed E-state index contributed by atoms with van der Waals surface area (Å²) in [7, 11) is 1.11. The molecule has 0 radical (unpaired) electrons. The van der Waals surface area contributed by atoms with Crippen LogP contribution < -0.4 is 5.48 Å². The number of hydrogen-bond acceptors (Lipinski definition) is 5. The summed E-state index contributed by atoms with van der Waals surface area (Å²) in [5.74, 6) is 1.24. The van der Waals surface area contributed by atoms with Crippen LogP contribution in [-0.4, -0.2) is 76.1 Å². The Hall–Kier alpha value is -1.81. The first kappa shape index (κ1) is 34.2. The van der Waals surface area contributed by atoms with Gasteiger partial charge in [-0.2, -0.15) is 0 Å². The molecule has 218 valence electrons. The first-order chi connectivity index (χ1) is 18.2. The number of carbonyl (C=O) groups excluding carboxylic acids is 2. The second-order valence-corrected chi connectivity index (χ2v) is 12.4. The van der Waals surface area contributed by atoms with E-state index in [1.54, 1.807) is 24.4 Å². The Bertz CT molecular complexity index is 789. The first-order valence-corrected chi connectivity index (χ1v) is 15.3. The highest BCUT2D eigenvalue weighted by Gasteiger charge is 2.36. The third-order valence-corrected chi connectivity index (χ3v) is 8.99. The zero-order valence-corrected chi connectivity index (χ0v) is 25.0. The third-order valence-electron chi connectivity index (χ3n) is 7.55. The maximum absolute atomic E-state index is 11.3. The standard InChI is InChI=1S/C8H14N2O3.C8H17NOS.C7H8.C6H12O/c1-8(7(12)9-13)2-4-10(6-11)5-3-8;1-3-11(10)9-6-4-8(2)5-7-9;1-7-5-3-2-4-6-7;1-7-6-4-2-3-5-6/h6,13H,2-5H2,1H3,(H,9,12);8H,3-7H2,1-2H3;2-6H,1H3;6H,2-5H2,1H3. The Morgan fingerprint density at radius 2 is 1.66 bits per heavy atom. The van der Waals surface area contributed by atoms with E-state index in [9.17, 15) is 13.8 Å². The van der Waals surface area contributed by atoms with Gasteiger partial charge in [-0.05, 0) is 51.4 Å². The van der Waals surface area contributed by atoms with Gasteiger partial charge >= 0.3 is 0 Å². The van der Waals surface area contributed by atoms with Crippen LogP contribution in [0.2, 0.25) is 0 Å². The molecule has 1 saturated carbocycles. The van der Waals surface area contributed by atoms with Crippen molar-refractivity contribution in [3.8, 4) is 0 Å². The predicted octanol–water partition coefficient (Wildman–Crippen LogP) is 4.72. The molecule has 2 saturated heterocycles. The fourth-order valence-corrected chi connectivity index (χ4v) is 5.50. The first-order valence-electron chi connectivity index (χ1n) is 14.0. The fraction of sp³-hybridized carbons (Fsp3) is 0.724. The minimum atomic E-state index is -0.695. The van der Waals surface area contributed by atoms with Gasteiger partial charge in [0.1, 0.15) is 0 Å². The monoisotopic (exact) mass is 553 g/mol. The van der Waals surface area contributed by atoms with E-state index >= 15 is 0 Å². The Morgan fingerprint density at radius 3 is 2.03 bits per heavy atom. The summed E-state index contributed by atoms with van der Waals surface area (Å²) >= 11 is 0. The molecule has 8 nitrogen and oxygen atoms in total. The molecule has 3 aliphatic rings. The maximum Gasteiger partial charge on any atom is 0.249 e. The molecule has 2 aliphatic heterocycles. The lowest BCUT2D eigenvalue weighted by atomic mass is 9.80. The number of benzene rings is 1. The van der Waals surface area contributed by atoms with Crippen molar-refractivity contribution in [3.63, 3.8) is 0 Å². The molecule has 3 fully saturated rings. The molecule has 4 rings (SSSR count). The Morgan fingerprint density at radius 1 is 1.11 bits per heavy atom. The summed E-state index contributed by atoms with van der Waals surface area (Å²) in [6.07, 6.45) is 10.3. The number of carbonyl (C=O) groups is 2. The van der Waals surface area contributed by atoms with Crippen molar-refractivity contribution in [1.82, 2.24) is 14.7 Å². The van der Waals surface area contributed by atoms with Crippen LogP contribution in [-0.2, 0) is 25.3 Å². The van der Waals surface area contributed by atoms with E-state index in [-0.39, 0.29) is 5.91 Å². The number of piperidine rings is 2. The SMILES string of the molecule is CC1(C(=O)NO)CCN(C=O)CC1.CCS(=O)N1CCC(C)CC1.COC1CCCC1.Cc1ccccc1. The summed E-state index contributed by atoms with van der Waals surface area (Å²) in [4.78, 5) is 23.2. The topological polar surface area (TPSA) is 99.2 Å². The third kappa shape index (κ3) is 13.3. The molecule has 1 atom stereocenters. The number of rotatable bonds is 5. The van der Waals surface area contributed by atoms with Crippen molar-refractivity contribution in [3.05, 3.63) is 35.9 Å². The van der Waals surface area contributed by atoms with Gasteiger partial charge in [0.25, 0.3) is 0 Å². The minimum absolute atomic E-state index is 0.363. The number of methoxy groups -OCH3 is 1. The summed E-state index contributed by atoms with van der Waals surface area (Å²) in [6.45, 7) is 11.3. The summed E-state index contributed by atoms with van der Waals surface area (Å²) in [5.41, 5.74) is 2.45. The lowest BCUT2D eigenvalue weighted by Gasteiger charge is -2.35. The Labute approximate surface area is 233 Å². The zero-order chi connectivity index (χ0) is 28.4. The average Bonchev–Trinajstić information content (AvgIpc) is 3.49. The highest BCUT2D eigenvalue weighted by atomic mass is 32.2. The van der Waals surface area contributed by atoms with E-state index in [4.69, 9.17) is 9.94 Å². The van der Waals surface area contributed by atoms with Gasteiger partial charge in [0.05, 0.1) is 22.5 Å². The predicted molar refractivity (Wildman–Crippen MR) is 154 cm³/mol. The molecule has 2 amide bonds. The van der Waals surface area contributed by atoms with Crippen LogP contribution in [0.4, 0.5) is 0 Å². The van der Waals surface area contributed by atoms with Crippen LogP contribution >= 0.6 is 0 Å². The number of hydrogen-bond donors (Lipinski definition) is 2. The molecular weight excluding hydrogens is 502 g/mol. The van der Waals surface area contributed by atoms with Gasteiger partial charge in [0.2, 0.25) is 12.3 Å². The number of likely N-dealkylation sites (tertiary alicyclic amines) is 1. The number of ether oxygens (including phenoxy) is 1. The van der Waals surface area contributed by atoms with E-state index in [1.165, 1.54) is 44.1 Å². The van der Waals surface area contributed by atoms with Crippen LogP contribution in [0, 0.1) is 18.3 Å². The van der Waals surface area contributed by atoms with Crippen molar-refractivity contribution in [2.45, 2.75) is 85.2 Å². The van der Waals surface area contributed by atoms with Crippen molar-refractivity contribution >= 4 is 23.3 Å². The van der Waals surface area contributed by atoms with Gasteiger partial charge < -0.3 is 9.64 Å². The maximum atomic E-state index is 11.3. The fourth-order valence-electron chi connectivity index (χ4n) is 4.51. The zero-order valence-electron chi connectivity index (χ0n) is 24.2. The van der Waals surface area contributed by atoms with Gasteiger partial charge in [-0.15, -0.1) is 0 Å². The number of nitrogens with zero attached hydrogens (tertiary/aromatic N) is 2. The molecule has 2 N–H and O–H groups in total. The van der Waals surface area contributed by atoms with Gasteiger partial charge in [0, 0.05) is 39.0 Å². The molecule has 0 aromatic heterocycles. The second-order valence-electron chi connectivity index (χ2n) is 10.7. The minimum Gasteiger partial charge on any atom is -0.381 e. The Balaban J connectivity index is 0.000000262. The Kier molecular flexibility index (Phi) is 17.4. The molecule has 1 aliphatic carbocycles. The number of aryl methyl sites for hydroxylation is 1. The summed E-state index contributed by atoms with van der Waals surface area (Å²) < 4.78 is 18.5. The number of amides is 2. The normalized spacial score (nSPS) is 20.4. The number of hydroxylamine groups is 1. The van der Waals surface area contributed by atoms with Crippen LogP contribution in [0.15, 0.2) is 30.3 Å². The highest BCUT2D eigenvalue weighted by Crippen LogP contribution is 2.30. The smallest absolute Gasteiger partial charge is 0.249 e. The quantitative estimate of drug-likeness (QED) is 0.312. The van der Waals surface area contributed by atoms with Gasteiger partial charge in [0.15, 0.2) is 0 Å². The van der Waals surface area contributed by atoms with E-state index < -0.39 is 16.4 Å². The van der Waals surface area contributed by atoms with E-state index in [0.29, 0.717) is 32.0 Å². The largest absolute Gasteiger partial charge is 0.381 e. The van der Waals surface area contributed by atoms with Crippen molar-refractivity contribution < 1.29 is 23.7 Å². The van der Waals surface area contributed by atoms with E-state index in [2.05, 4.69) is 30.3 Å². The van der Waals surface area contributed by atoms with Gasteiger partial charge in [-0.25, -0.2) is 14.0 Å². The number of nitrogens with one attached hydrogen (secondary N) is 1.